The average molecular weight is 572 g/mol. The Kier molecular flexibility index (Phi) is 7.45. The molecule has 1 fully saturated rings. The molecule has 3 amide bonds. The highest BCUT2D eigenvalue weighted by Gasteiger charge is 2.41. The van der Waals surface area contributed by atoms with E-state index in [-0.39, 0.29) is 40.6 Å². The number of nitrogens with zero attached hydrogens (tertiary/aromatic N) is 3. The molecule has 1 aromatic carbocycles. The molecule has 0 aliphatic carbocycles. The molecule has 3 N–H and O–H groups in total. The Balaban J connectivity index is 1.53. The van der Waals surface area contributed by atoms with Gasteiger partial charge < -0.3 is 19.9 Å². The molecular weight excluding hydrogens is 541 g/mol. The summed E-state index contributed by atoms with van der Waals surface area (Å²) in [5, 5.41) is 16.5. The van der Waals surface area contributed by atoms with Gasteiger partial charge in [0.15, 0.2) is 0 Å². The van der Waals surface area contributed by atoms with E-state index in [1.165, 1.54) is 17.3 Å². The summed E-state index contributed by atoms with van der Waals surface area (Å²) in [5.74, 6) is -0.266. The molecule has 40 heavy (non-hydrogen) atoms. The van der Waals surface area contributed by atoms with E-state index in [0.717, 1.165) is 12.8 Å². The van der Waals surface area contributed by atoms with Gasteiger partial charge in [-0.3, -0.25) is 10.2 Å². The third-order valence-electron chi connectivity index (χ3n) is 7.34. The summed E-state index contributed by atoms with van der Waals surface area (Å²) in [4.78, 5) is 34.8. The van der Waals surface area contributed by atoms with Crippen LogP contribution in [0, 0.1) is 18.2 Å². The standard InChI is InChI=1S/C28H31ClFN5O5/c1-14-18(10-32-25-24(14)35(27(37)38)20(13-40-25)28(2,3)4)17-8-15-9-21(31-11-19(15)22(29)23(17)30)34-26(36)33-16-6-5-7-39-12-16/h8-11,16,20H,5-7,12-13H2,1-4H3,(H,37,38)(H2,31,33,34,36). The van der Waals surface area contributed by atoms with Crippen LogP contribution in [0.2, 0.25) is 5.02 Å². The number of pyridine rings is 2. The molecule has 2 atom stereocenters. The first-order valence-corrected chi connectivity index (χ1v) is 13.4. The normalized spacial score (nSPS) is 19.1. The van der Waals surface area contributed by atoms with Gasteiger partial charge in [-0.2, -0.15) is 0 Å². The van der Waals surface area contributed by atoms with Crippen LogP contribution in [0.15, 0.2) is 24.5 Å². The van der Waals surface area contributed by atoms with Crippen molar-refractivity contribution in [1.29, 1.82) is 0 Å². The maximum atomic E-state index is 15.7. The van der Waals surface area contributed by atoms with Gasteiger partial charge >= 0.3 is 12.1 Å². The smallest absolute Gasteiger partial charge is 0.412 e. The first-order chi connectivity index (χ1) is 19.0. The summed E-state index contributed by atoms with van der Waals surface area (Å²) in [7, 11) is 0. The zero-order valence-electron chi connectivity index (χ0n) is 22.7. The highest BCUT2D eigenvalue weighted by atomic mass is 35.5. The molecule has 2 aromatic heterocycles. The third-order valence-corrected chi connectivity index (χ3v) is 7.71. The molecule has 0 bridgehead atoms. The minimum atomic E-state index is -1.15. The van der Waals surface area contributed by atoms with E-state index < -0.39 is 29.4 Å². The zero-order valence-corrected chi connectivity index (χ0v) is 23.4. The molecule has 1 saturated heterocycles. The number of anilines is 2. The van der Waals surface area contributed by atoms with E-state index in [0.29, 0.717) is 35.1 Å². The maximum absolute atomic E-state index is 15.7. The van der Waals surface area contributed by atoms with Crippen LogP contribution in [0.3, 0.4) is 0 Å². The van der Waals surface area contributed by atoms with Crippen molar-refractivity contribution < 1.29 is 28.6 Å². The summed E-state index contributed by atoms with van der Waals surface area (Å²) in [5.41, 5.74) is 0.827. The van der Waals surface area contributed by atoms with Crippen LogP contribution < -0.4 is 20.3 Å². The van der Waals surface area contributed by atoms with E-state index >= 15 is 4.39 Å². The van der Waals surface area contributed by atoms with Crippen molar-refractivity contribution in [2.75, 3.05) is 30.0 Å². The molecule has 0 saturated carbocycles. The van der Waals surface area contributed by atoms with Gasteiger partial charge in [0.25, 0.3) is 0 Å². The Bertz CT molecular complexity index is 1490. The second-order valence-electron chi connectivity index (χ2n) is 11.2. The number of hydrogen-bond acceptors (Lipinski definition) is 6. The largest absolute Gasteiger partial charge is 0.474 e. The fourth-order valence-electron chi connectivity index (χ4n) is 5.17. The van der Waals surface area contributed by atoms with E-state index in [1.54, 1.807) is 19.1 Å². The van der Waals surface area contributed by atoms with Crippen molar-refractivity contribution >= 4 is 46.0 Å². The lowest BCUT2D eigenvalue weighted by atomic mass is 9.85. The monoisotopic (exact) mass is 571 g/mol. The number of aromatic nitrogens is 2. The predicted molar refractivity (Wildman–Crippen MR) is 150 cm³/mol. The minimum Gasteiger partial charge on any atom is -0.474 e. The fourth-order valence-corrected chi connectivity index (χ4v) is 5.43. The summed E-state index contributed by atoms with van der Waals surface area (Å²) in [6.07, 6.45) is 3.40. The molecule has 0 radical (unpaired) electrons. The van der Waals surface area contributed by atoms with Crippen LogP contribution in [0.5, 0.6) is 5.88 Å². The average Bonchev–Trinajstić information content (AvgIpc) is 2.90. The number of rotatable bonds is 3. The van der Waals surface area contributed by atoms with Gasteiger partial charge in [-0.1, -0.05) is 32.4 Å². The molecular formula is C28H31ClFN5O5. The number of benzene rings is 1. The van der Waals surface area contributed by atoms with Crippen LogP contribution >= 0.6 is 11.6 Å². The lowest BCUT2D eigenvalue weighted by molar-refractivity contribution is 0.0739. The number of nitrogens with one attached hydrogen (secondary N) is 2. The minimum absolute atomic E-state index is 0.0870. The Morgan fingerprint density at radius 2 is 1.95 bits per heavy atom. The maximum Gasteiger partial charge on any atom is 0.412 e. The predicted octanol–water partition coefficient (Wildman–Crippen LogP) is 5.99. The molecule has 0 spiro atoms. The number of urea groups is 1. The second-order valence-corrected chi connectivity index (χ2v) is 11.5. The first kappa shape index (κ1) is 27.9. The molecule has 4 heterocycles. The van der Waals surface area contributed by atoms with Crippen molar-refractivity contribution in [2.45, 2.75) is 52.6 Å². The lowest BCUT2D eigenvalue weighted by Crippen LogP contribution is -2.53. The number of carboxylic acid groups (broad SMARTS) is 1. The molecule has 5 rings (SSSR count). The Morgan fingerprint density at radius 3 is 2.62 bits per heavy atom. The SMILES string of the molecule is Cc1c(-c2cc3cc(NC(=O)NC4CCCOC4)ncc3c(Cl)c2F)cnc2c1N(C(=O)O)C(C(C)(C)C)CO2. The molecule has 212 valence electrons. The van der Waals surface area contributed by atoms with Crippen LogP contribution in [0.25, 0.3) is 21.9 Å². The highest BCUT2D eigenvalue weighted by Crippen LogP contribution is 2.45. The van der Waals surface area contributed by atoms with E-state index in [2.05, 4.69) is 20.6 Å². The number of fused-ring (bicyclic) bond motifs is 2. The number of ether oxygens (including phenoxy) is 2. The van der Waals surface area contributed by atoms with Crippen molar-refractivity contribution in [2.24, 2.45) is 5.41 Å². The summed E-state index contributed by atoms with van der Waals surface area (Å²) in [6.45, 7) is 8.78. The Hall–Kier alpha value is -3.70. The van der Waals surface area contributed by atoms with Crippen LogP contribution in [-0.4, -0.2) is 59.1 Å². The van der Waals surface area contributed by atoms with E-state index in [9.17, 15) is 14.7 Å². The summed E-state index contributed by atoms with van der Waals surface area (Å²) >= 11 is 6.45. The van der Waals surface area contributed by atoms with Gasteiger partial charge in [-0.05, 0) is 48.3 Å². The van der Waals surface area contributed by atoms with Gasteiger partial charge in [-0.15, -0.1) is 0 Å². The number of amides is 3. The molecule has 12 heteroatoms. The van der Waals surface area contributed by atoms with Gasteiger partial charge in [0.05, 0.1) is 23.7 Å². The van der Waals surface area contributed by atoms with Crippen LogP contribution in [0.1, 0.15) is 39.2 Å². The Morgan fingerprint density at radius 1 is 1.18 bits per heavy atom. The number of carbonyl (C=O) groups excluding carboxylic acids is 1. The van der Waals surface area contributed by atoms with Crippen LogP contribution in [0.4, 0.5) is 25.5 Å². The molecule has 2 aliphatic rings. The molecule has 10 nitrogen and oxygen atoms in total. The van der Waals surface area contributed by atoms with E-state index in [4.69, 9.17) is 21.1 Å². The van der Waals surface area contributed by atoms with Gasteiger partial charge in [0.1, 0.15) is 23.9 Å². The lowest BCUT2D eigenvalue weighted by Gasteiger charge is -2.42. The van der Waals surface area contributed by atoms with Crippen molar-refractivity contribution in [3.05, 3.63) is 40.9 Å². The molecule has 3 aromatic rings. The van der Waals surface area contributed by atoms with Crippen LogP contribution in [-0.2, 0) is 4.74 Å². The van der Waals surface area contributed by atoms with Crippen molar-refractivity contribution in [1.82, 2.24) is 15.3 Å². The summed E-state index contributed by atoms with van der Waals surface area (Å²) in [6, 6.07) is 2.20. The zero-order chi connectivity index (χ0) is 28.8. The first-order valence-electron chi connectivity index (χ1n) is 13.0. The quantitative estimate of drug-likeness (QED) is 0.352. The second kappa shape index (κ2) is 10.7. The molecule has 2 aliphatic heterocycles. The van der Waals surface area contributed by atoms with Gasteiger partial charge in [-0.25, -0.2) is 23.9 Å². The van der Waals surface area contributed by atoms with Gasteiger partial charge in [0, 0.05) is 35.5 Å². The highest BCUT2D eigenvalue weighted by molar-refractivity contribution is 6.36. The summed E-state index contributed by atoms with van der Waals surface area (Å²) < 4.78 is 26.9. The molecule has 2 unspecified atom stereocenters. The van der Waals surface area contributed by atoms with E-state index in [1.807, 2.05) is 20.8 Å². The van der Waals surface area contributed by atoms with Gasteiger partial charge in [0.2, 0.25) is 5.88 Å². The fraction of sp³-hybridized carbons (Fsp3) is 0.429. The number of hydrogen-bond donors (Lipinski definition) is 3. The third kappa shape index (κ3) is 5.23. The van der Waals surface area contributed by atoms with Crippen molar-refractivity contribution in [3.63, 3.8) is 0 Å². The Labute approximate surface area is 235 Å². The number of halogens is 2. The topological polar surface area (TPSA) is 126 Å². The van der Waals surface area contributed by atoms with Crippen molar-refractivity contribution in [3.8, 4) is 17.0 Å². The number of carbonyl (C=O) groups is 2.